The predicted molar refractivity (Wildman–Crippen MR) is 88.2 cm³/mol. The lowest BCUT2D eigenvalue weighted by atomic mass is 10.1. The summed E-state index contributed by atoms with van der Waals surface area (Å²) in [4.78, 5) is 16.3. The molecule has 2 rings (SSSR count). The molecule has 104 valence electrons. The van der Waals surface area contributed by atoms with Crippen LogP contribution >= 0.6 is 43.5 Å². The summed E-state index contributed by atoms with van der Waals surface area (Å²) in [6, 6.07) is 5.14. The fourth-order valence-corrected chi connectivity index (χ4v) is 2.59. The molecule has 20 heavy (non-hydrogen) atoms. The number of amides is 1. The summed E-state index contributed by atoms with van der Waals surface area (Å²) in [5.41, 5.74) is 8.02. The minimum Gasteiger partial charge on any atom is -0.398 e. The van der Waals surface area contributed by atoms with Crippen molar-refractivity contribution < 1.29 is 4.79 Å². The van der Waals surface area contributed by atoms with Crippen LogP contribution in [0.4, 0.5) is 11.4 Å². The van der Waals surface area contributed by atoms with Crippen molar-refractivity contribution in [1.29, 1.82) is 0 Å². The summed E-state index contributed by atoms with van der Waals surface area (Å²) in [5, 5.41) is 2.95. The third-order valence-electron chi connectivity index (χ3n) is 2.71. The second-order valence-corrected chi connectivity index (χ2v) is 6.30. The van der Waals surface area contributed by atoms with Gasteiger partial charge in [0, 0.05) is 26.4 Å². The third kappa shape index (κ3) is 3.31. The Balaban J connectivity index is 2.35. The number of hydrogen-bond donors (Lipinski definition) is 2. The first-order valence-electron chi connectivity index (χ1n) is 5.56. The number of nitrogen functional groups attached to an aromatic ring is 1. The molecule has 2 aromatic rings. The van der Waals surface area contributed by atoms with Crippen molar-refractivity contribution in [3.63, 3.8) is 0 Å². The van der Waals surface area contributed by atoms with Gasteiger partial charge in [-0.05, 0) is 46.6 Å². The molecule has 0 fully saturated rings. The summed E-state index contributed by atoms with van der Waals surface area (Å²) in [6.07, 6.45) is 1.56. The standard InChI is InChI=1S/C13H10Br2ClN3O/c1-6-9(2-7(14)3-10(6)17)13(20)19-11-4-8(15)5-18-12(11)16/h2-5H,17H2,1H3,(H,19,20). The fraction of sp³-hybridized carbons (Fsp3) is 0.0769. The Labute approximate surface area is 138 Å². The SMILES string of the molecule is Cc1c(N)cc(Br)cc1C(=O)Nc1cc(Br)cnc1Cl. The van der Waals surface area contributed by atoms with Gasteiger partial charge < -0.3 is 11.1 Å². The zero-order chi connectivity index (χ0) is 14.9. The quantitative estimate of drug-likeness (QED) is 0.560. The highest BCUT2D eigenvalue weighted by atomic mass is 79.9. The maximum absolute atomic E-state index is 12.3. The van der Waals surface area contributed by atoms with Crippen LogP contribution in [0.25, 0.3) is 0 Å². The van der Waals surface area contributed by atoms with E-state index in [0.29, 0.717) is 22.5 Å². The number of nitrogens with one attached hydrogen (secondary N) is 1. The number of benzene rings is 1. The number of halogens is 3. The van der Waals surface area contributed by atoms with Crippen LogP contribution in [0.2, 0.25) is 5.15 Å². The Hall–Kier alpha value is -1.11. The number of aromatic nitrogens is 1. The first-order valence-corrected chi connectivity index (χ1v) is 7.53. The highest BCUT2D eigenvalue weighted by Crippen LogP contribution is 2.26. The molecule has 1 aromatic heterocycles. The molecular weight excluding hydrogens is 409 g/mol. The van der Waals surface area contributed by atoms with E-state index < -0.39 is 0 Å². The van der Waals surface area contributed by atoms with E-state index in [1.807, 2.05) is 0 Å². The molecule has 0 aliphatic rings. The minimum atomic E-state index is -0.294. The van der Waals surface area contributed by atoms with Crippen LogP contribution in [0, 0.1) is 6.92 Å². The van der Waals surface area contributed by atoms with Gasteiger partial charge in [-0.1, -0.05) is 27.5 Å². The van der Waals surface area contributed by atoms with Crippen molar-refractivity contribution >= 4 is 60.7 Å². The van der Waals surface area contributed by atoms with Crippen molar-refractivity contribution in [3.8, 4) is 0 Å². The molecule has 0 saturated heterocycles. The number of anilines is 2. The molecule has 0 unspecified atom stereocenters. The van der Waals surface area contributed by atoms with E-state index in [1.54, 1.807) is 31.3 Å². The molecule has 0 aliphatic carbocycles. The van der Waals surface area contributed by atoms with Crippen LogP contribution < -0.4 is 11.1 Å². The molecule has 1 aromatic carbocycles. The van der Waals surface area contributed by atoms with Gasteiger partial charge in [-0.2, -0.15) is 0 Å². The highest BCUT2D eigenvalue weighted by Gasteiger charge is 2.14. The van der Waals surface area contributed by atoms with Crippen LogP contribution in [0.3, 0.4) is 0 Å². The molecule has 0 bridgehead atoms. The lowest BCUT2D eigenvalue weighted by Crippen LogP contribution is -2.15. The number of pyridine rings is 1. The zero-order valence-corrected chi connectivity index (χ0v) is 14.3. The number of nitrogens with two attached hydrogens (primary N) is 1. The van der Waals surface area contributed by atoms with Gasteiger partial charge in [-0.25, -0.2) is 4.98 Å². The van der Waals surface area contributed by atoms with Gasteiger partial charge in [-0.15, -0.1) is 0 Å². The monoisotopic (exact) mass is 417 g/mol. The van der Waals surface area contributed by atoms with Crippen molar-refractivity contribution in [3.05, 3.63) is 49.6 Å². The van der Waals surface area contributed by atoms with Crippen molar-refractivity contribution in [2.75, 3.05) is 11.1 Å². The number of nitrogens with zero attached hydrogens (tertiary/aromatic N) is 1. The maximum Gasteiger partial charge on any atom is 0.256 e. The first-order chi connectivity index (χ1) is 9.38. The number of carbonyl (C=O) groups excluding carboxylic acids is 1. The van der Waals surface area contributed by atoms with E-state index >= 15 is 0 Å². The molecule has 0 atom stereocenters. The summed E-state index contributed by atoms with van der Waals surface area (Å²) in [5.74, 6) is -0.294. The van der Waals surface area contributed by atoms with E-state index in [1.165, 1.54) is 0 Å². The van der Waals surface area contributed by atoms with Gasteiger partial charge in [-0.3, -0.25) is 4.79 Å². The predicted octanol–water partition coefficient (Wildman–Crippen LogP) is 4.40. The topological polar surface area (TPSA) is 68.0 Å². The van der Waals surface area contributed by atoms with Crippen LogP contribution in [0.1, 0.15) is 15.9 Å². The Morgan fingerprint density at radius 1 is 1.30 bits per heavy atom. The van der Waals surface area contributed by atoms with Gasteiger partial charge in [0.15, 0.2) is 5.15 Å². The Bertz CT molecular complexity index is 692. The Kier molecular flexibility index (Phi) is 4.67. The lowest BCUT2D eigenvalue weighted by Gasteiger charge is -2.11. The summed E-state index contributed by atoms with van der Waals surface area (Å²) in [6.45, 7) is 1.79. The molecule has 4 nitrogen and oxygen atoms in total. The average Bonchev–Trinajstić information content (AvgIpc) is 2.38. The molecule has 0 radical (unpaired) electrons. The van der Waals surface area contributed by atoms with Crippen LogP contribution in [0.15, 0.2) is 33.3 Å². The van der Waals surface area contributed by atoms with Gasteiger partial charge in [0.05, 0.1) is 5.69 Å². The van der Waals surface area contributed by atoms with Crippen molar-refractivity contribution in [2.45, 2.75) is 6.92 Å². The fourth-order valence-electron chi connectivity index (χ4n) is 1.64. The second-order valence-electron chi connectivity index (χ2n) is 4.11. The van der Waals surface area contributed by atoms with E-state index in [2.05, 4.69) is 42.2 Å². The third-order valence-corrected chi connectivity index (χ3v) is 3.90. The molecule has 3 N–H and O–H groups in total. The normalized spacial score (nSPS) is 10.4. The highest BCUT2D eigenvalue weighted by molar-refractivity contribution is 9.10. The Morgan fingerprint density at radius 3 is 2.70 bits per heavy atom. The van der Waals surface area contributed by atoms with E-state index in [9.17, 15) is 4.79 Å². The summed E-state index contributed by atoms with van der Waals surface area (Å²) in [7, 11) is 0. The van der Waals surface area contributed by atoms with Gasteiger partial charge >= 0.3 is 0 Å². The molecule has 7 heteroatoms. The van der Waals surface area contributed by atoms with Crippen LogP contribution in [0.5, 0.6) is 0 Å². The molecule has 1 heterocycles. The molecule has 1 amide bonds. The first kappa shape index (κ1) is 15.3. The van der Waals surface area contributed by atoms with E-state index in [-0.39, 0.29) is 11.1 Å². The van der Waals surface area contributed by atoms with Gasteiger partial charge in [0.25, 0.3) is 5.91 Å². The number of carbonyl (C=O) groups is 1. The maximum atomic E-state index is 12.3. The number of rotatable bonds is 2. The van der Waals surface area contributed by atoms with E-state index in [4.69, 9.17) is 17.3 Å². The largest absolute Gasteiger partial charge is 0.398 e. The molecule has 0 saturated carbocycles. The molecular formula is C13H10Br2ClN3O. The second kappa shape index (κ2) is 6.11. The van der Waals surface area contributed by atoms with E-state index in [0.717, 1.165) is 8.95 Å². The van der Waals surface area contributed by atoms with Crippen molar-refractivity contribution in [1.82, 2.24) is 4.98 Å². The molecule has 0 aliphatic heterocycles. The summed E-state index contributed by atoms with van der Waals surface area (Å²) < 4.78 is 1.46. The van der Waals surface area contributed by atoms with Crippen molar-refractivity contribution in [2.24, 2.45) is 0 Å². The van der Waals surface area contributed by atoms with Gasteiger partial charge in [0.1, 0.15) is 0 Å². The van der Waals surface area contributed by atoms with Crippen LogP contribution in [-0.2, 0) is 0 Å². The smallest absolute Gasteiger partial charge is 0.256 e. The lowest BCUT2D eigenvalue weighted by molar-refractivity contribution is 0.102. The molecule has 0 spiro atoms. The average molecular weight is 420 g/mol. The summed E-state index contributed by atoms with van der Waals surface area (Å²) >= 11 is 12.6. The zero-order valence-electron chi connectivity index (χ0n) is 10.4. The Morgan fingerprint density at radius 2 is 2.00 bits per heavy atom. The van der Waals surface area contributed by atoms with Crippen LogP contribution in [-0.4, -0.2) is 10.9 Å². The number of hydrogen-bond acceptors (Lipinski definition) is 3. The van der Waals surface area contributed by atoms with Gasteiger partial charge in [0.2, 0.25) is 0 Å². The minimum absolute atomic E-state index is 0.224.